The number of aromatic nitrogens is 2. The topological polar surface area (TPSA) is 76.0 Å². The van der Waals surface area contributed by atoms with E-state index < -0.39 is 5.91 Å². The summed E-state index contributed by atoms with van der Waals surface area (Å²) in [6.45, 7) is 0.430. The van der Waals surface area contributed by atoms with E-state index >= 15 is 0 Å². The first kappa shape index (κ1) is 20.8. The lowest BCUT2D eigenvalue weighted by Gasteiger charge is -2.12. The molecule has 154 valence electrons. The van der Waals surface area contributed by atoms with Crippen molar-refractivity contribution in [2.45, 2.75) is 24.6 Å². The van der Waals surface area contributed by atoms with E-state index in [1.54, 1.807) is 28.6 Å². The van der Waals surface area contributed by atoms with E-state index in [0.29, 0.717) is 22.4 Å². The van der Waals surface area contributed by atoms with E-state index in [4.69, 9.17) is 23.2 Å². The molecule has 2 N–H and O–H groups in total. The summed E-state index contributed by atoms with van der Waals surface area (Å²) >= 11 is 13.9. The average molecular weight is 461 g/mol. The zero-order valence-electron chi connectivity index (χ0n) is 15.8. The molecule has 4 rings (SSSR count). The average Bonchev–Trinajstić information content (AvgIpc) is 3.31. The maximum atomic E-state index is 12.8. The molecule has 0 aliphatic carbocycles. The minimum Gasteiger partial charge on any atom is -0.350 e. The molecule has 9 heteroatoms. The highest BCUT2D eigenvalue weighted by atomic mass is 35.5. The van der Waals surface area contributed by atoms with Crippen molar-refractivity contribution in [3.05, 3.63) is 81.0 Å². The Bertz CT molecular complexity index is 1100. The monoisotopic (exact) mass is 460 g/mol. The molecular weight excluding hydrogens is 443 g/mol. The number of hydrogen-bond donors (Lipinski definition) is 2. The molecule has 0 spiro atoms. The molecule has 2 amide bonds. The van der Waals surface area contributed by atoms with Crippen LogP contribution in [0.15, 0.2) is 48.5 Å². The third kappa shape index (κ3) is 4.64. The molecule has 0 unspecified atom stereocenters. The van der Waals surface area contributed by atoms with Crippen molar-refractivity contribution < 1.29 is 9.59 Å². The molecule has 0 atom stereocenters. The van der Waals surface area contributed by atoms with E-state index in [0.717, 1.165) is 28.3 Å². The molecule has 2 aromatic carbocycles. The second-order valence-corrected chi connectivity index (χ2v) is 8.59. The summed E-state index contributed by atoms with van der Waals surface area (Å²) in [5.74, 6) is 1.40. The smallest absolute Gasteiger partial charge is 0.258 e. The van der Waals surface area contributed by atoms with Crippen LogP contribution in [0.25, 0.3) is 0 Å². The van der Waals surface area contributed by atoms with Crippen molar-refractivity contribution in [3.63, 3.8) is 0 Å². The Hall–Kier alpha value is -2.48. The van der Waals surface area contributed by atoms with Gasteiger partial charge in [0.25, 0.3) is 5.91 Å². The molecule has 1 aliphatic rings. The predicted molar refractivity (Wildman–Crippen MR) is 120 cm³/mol. The van der Waals surface area contributed by atoms with Crippen LogP contribution in [0, 0.1) is 0 Å². The first-order valence-electron chi connectivity index (χ1n) is 9.24. The molecule has 0 bridgehead atoms. The van der Waals surface area contributed by atoms with E-state index in [2.05, 4.69) is 15.7 Å². The molecule has 0 radical (unpaired) electrons. The van der Waals surface area contributed by atoms with Crippen LogP contribution in [0.5, 0.6) is 0 Å². The first-order valence-corrected chi connectivity index (χ1v) is 11.2. The molecule has 30 heavy (non-hydrogen) atoms. The molecule has 0 saturated heterocycles. The molecule has 3 aromatic rings. The summed E-state index contributed by atoms with van der Waals surface area (Å²) in [7, 11) is 0. The van der Waals surface area contributed by atoms with Crippen LogP contribution in [0.1, 0.15) is 27.2 Å². The van der Waals surface area contributed by atoms with Crippen molar-refractivity contribution in [1.29, 1.82) is 0 Å². The van der Waals surface area contributed by atoms with Crippen LogP contribution >= 0.6 is 35.0 Å². The van der Waals surface area contributed by atoms with Gasteiger partial charge in [0.05, 0.1) is 16.3 Å². The lowest BCUT2D eigenvalue weighted by atomic mass is 10.2. The summed E-state index contributed by atoms with van der Waals surface area (Å²) in [5.41, 5.74) is 3.09. The largest absolute Gasteiger partial charge is 0.350 e. The van der Waals surface area contributed by atoms with Crippen LogP contribution in [-0.4, -0.2) is 21.6 Å². The van der Waals surface area contributed by atoms with Gasteiger partial charge in [0.1, 0.15) is 12.4 Å². The van der Waals surface area contributed by atoms with E-state index in [-0.39, 0.29) is 18.0 Å². The highest BCUT2D eigenvalue weighted by molar-refractivity contribution is 7.98. The number of anilines is 1. The van der Waals surface area contributed by atoms with Gasteiger partial charge in [-0.1, -0.05) is 53.5 Å². The number of amides is 2. The van der Waals surface area contributed by atoms with Gasteiger partial charge in [0.15, 0.2) is 0 Å². The van der Waals surface area contributed by atoms with E-state index in [9.17, 15) is 9.59 Å². The van der Waals surface area contributed by atoms with Crippen LogP contribution in [0.2, 0.25) is 10.0 Å². The Labute approximate surface area is 187 Å². The van der Waals surface area contributed by atoms with Gasteiger partial charge in [-0.05, 0) is 23.8 Å². The van der Waals surface area contributed by atoms with Gasteiger partial charge in [-0.2, -0.15) is 16.9 Å². The Kier molecular flexibility index (Phi) is 6.32. The molecule has 6 nitrogen and oxygen atoms in total. The van der Waals surface area contributed by atoms with Crippen LogP contribution < -0.4 is 10.6 Å². The fourth-order valence-electron chi connectivity index (χ4n) is 3.16. The number of halogens is 2. The van der Waals surface area contributed by atoms with Crippen LogP contribution in [-0.2, 0) is 29.4 Å². The van der Waals surface area contributed by atoms with Gasteiger partial charge in [0.2, 0.25) is 5.91 Å². The van der Waals surface area contributed by atoms with Crippen LogP contribution in [0.3, 0.4) is 0 Å². The summed E-state index contributed by atoms with van der Waals surface area (Å²) in [6.07, 6.45) is 0. The van der Waals surface area contributed by atoms with Gasteiger partial charge >= 0.3 is 0 Å². The number of nitrogens with zero attached hydrogens (tertiary/aromatic N) is 2. The van der Waals surface area contributed by atoms with Gasteiger partial charge in [-0.3, -0.25) is 9.59 Å². The minimum atomic E-state index is -0.395. The number of rotatable bonds is 6. The van der Waals surface area contributed by atoms with Crippen molar-refractivity contribution in [3.8, 4) is 0 Å². The number of fused-ring (bicyclic) bond motifs is 1. The number of hydrogen-bond acceptors (Lipinski definition) is 4. The second kappa shape index (κ2) is 9.12. The van der Waals surface area contributed by atoms with Crippen molar-refractivity contribution in [2.75, 3.05) is 5.32 Å². The van der Waals surface area contributed by atoms with Crippen molar-refractivity contribution >= 4 is 52.6 Å². The fourth-order valence-corrected chi connectivity index (χ4v) is 4.57. The predicted octanol–water partition coefficient (Wildman–Crippen LogP) is 4.51. The number of carbonyl (C=O) groups excluding carboxylic acids is 2. The van der Waals surface area contributed by atoms with Crippen molar-refractivity contribution in [2.24, 2.45) is 0 Å². The summed E-state index contributed by atoms with van der Waals surface area (Å²) in [5, 5.41) is 11.0. The second-order valence-electron chi connectivity index (χ2n) is 6.76. The highest BCUT2D eigenvalue weighted by Crippen LogP contribution is 2.35. The maximum Gasteiger partial charge on any atom is 0.258 e. The van der Waals surface area contributed by atoms with E-state index in [1.165, 1.54) is 6.07 Å². The Morgan fingerprint density at radius 2 is 1.90 bits per heavy atom. The Morgan fingerprint density at radius 1 is 1.10 bits per heavy atom. The molecule has 0 saturated carbocycles. The summed E-state index contributed by atoms with van der Waals surface area (Å²) in [6, 6.07) is 14.4. The molecule has 0 fully saturated rings. The van der Waals surface area contributed by atoms with Gasteiger partial charge in [0, 0.05) is 28.6 Å². The van der Waals surface area contributed by atoms with E-state index in [1.807, 2.05) is 30.3 Å². The first-order chi connectivity index (χ1) is 14.5. The maximum absolute atomic E-state index is 12.8. The zero-order valence-corrected chi connectivity index (χ0v) is 18.2. The number of nitrogens with one attached hydrogen (secondary N) is 2. The van der Waals surface area contributed by atoms with Crippen LogP contribution in [0.4, 0.5) is 5.82 Å². The van der Waals surface area contributed by atoms with Gasteiger partial charge < -0.3 is 10.6 Å². The third-order valence-corrected chi connectivity index (χ3v) is 6.18. The summed E-state index contributed by atoms with van der Waals surface area (Å²) in [4.78, 5) is 25.3. The minimum absolute atomic E-state index is 0.00336. The standard InChI is InChI=1S/C21H18Cl2N4O2S/c22-14-6-7-17(23)15(8-14)21(29)25-20-16-11-30-12-18(16)26-27(20)10-19(28)24-9-13-4-2-1-3-5-13/h1-8H,9-12H2,(H,24,28)(H,25,29). The highest BCUT2D eigenvalue weighted by Gasteiger charge is 2.25. The number of carbonyl (C=O) groups is 2. The fraction of sp³-hybridized carbons (Fsp3) is 0.190. The molecule has 1 aromatic heterocycles. The van der Waals surface area contributed by atoms with Crippen molar-refractivity contribution in [1.82, 2.24) is 15.1 Å². The Balaban J connectivity index is 1.51. The molecular formula is C21H18Cl2N4O2S. The van der Waals surface area contributed by atoms with Gasteiger partial charge in [-0.25, -0.2) is 4.68 Å². The molecule has 2 heterocycles. The lowest BCUT2D eigenvalue weighted by molar-refractivity contribution is -0.122. The number of thioether (sulfide) groups is 1. The summed E-state index contributed by atoms with van der Waals surface area (Å²) < 4.78 is 1.54. The Morgan fingerprint density at radius 3 is 2.70 bits per heavy atom. The lowest BCUT2D eigenvalue weighted by Crippen LogP contribution is -2.28. The number of benzene rings is 2. The SMILES string of the molecule is O=C(Cn1nc2c(c1NC(=O)c1cc(Cl)ccc1Cl)CSC2)NCc1ccccc1. The quantitative estimate of drug-likeness (QED) is 0.567. The zero-order chi connectivity index (χ0) is 21.1. The molecule has 1 aliphatic heterocycles. The third-order valence-electron chi connectivity index (χ3n) is 4.65. The van der Waals surface area contributed by atoms with Gasteiger partial charge in [-0.15, -0.1) is 0 Å². The normalized spacial score (nSPS) is 12.5.